The van der Waals surface area contributed by atoms with E-state index < -0.39 is 0 Å². The molecule has 5 heteroatoms. The highest BCUT2D eigenvalue weighted by molar-refractivity contribution is 9.10. The predicted octanol–water partition coefficient (Wildman–Crippen LogP) is 2.43. The number of ketones is 1. The van der Waals surface area contributed by atoms with Gasteiger partial charge in [0.05, 0.1) is 12.4 Å². The van der Waals surface area contributed by atoms with E-state index in [1.165, 1.54) is 0 Å². The number of Topliss-reactive ketones (excluding diaryl/α,β-unsaturated/α-hetero) is 1. The first-order valence-electron chi connectivity index (χ1n) is 3.48. The second-order valence-corrected chi connectivity index (χ2v) is 3.56. The van der Waals surface area contributed by atoms with Crippen molar-refractivity contribution in [3.8, 4) is 5.75 Å². The summed E-state index contributed by atoms with van der Waals surface area (Å²) >= 11 is 6.28. The Kier molecular flexibility index (Phi) is 3.87. The first kappa shape index (κ1) is 10.7. The van der Waals surface area contributed by atoms with Gasteiger partial charge in [0, 0.05) is 0 Å². The number of alkyl halides is 1. The molecule has 1 aromatic heterocycles. The molecule has 3 nitrogen and oxygen atoms in total. The highest BCUT2D eigenvalue weighted by Crippen LogP contribution is 2.22. The quantitative estimate of drug-likeness (QED) is 0.489. The predicted molar refractivity (Wildman–Crippen MR) is 56.6 cm³/mol. The summed E-state index contributed by atoms with van der Waals surface area (Å²) in [5, 5.41) is 0.277. The van der Waals surface area contributed by atoms with Crippen LogP contribution in [0.3, 0.4) is 0 Å². The minimum atomic E-state index is -0.0525. The maximum absolute atomic E-state index is 11.2. The number of hydrogen-bond acceptors (Lipinski definition) is 3. The van der Waals surface area contributed by atoms with Crippen LogP contribution in [0.1, 0.15) is 10.5 Å². The zero-order chi connectivity index (χ0) is 9.84. The fourth-order valence-corrected chi connectivity index (χ4v) is 1.57. The van der Waals surface area contributed by atoms with Crippen LogP contribution < -0.4 is 4.74 Å². The van der Waals surface area contributed by atoms with E-state index in [2.05, 4.69) is 36.8 Å². The molecule has 13 heavy (non-hydrogen) atoms. The Hall–Kier alpha value is -0.420. The van der Waals surface area contributed by atoms with E-state index in [0.29, 0.717) is 16.0 Å². The SMILES string of the molecule is COc1ccc(C(=O)CBr)nc1Br. The monoisotopic (exact) mass is 307 g/mol. The Morgan fingerprint density at radius 1 is 1.62 bits per heavy atom. The zero-order valence-electron chi connectivity index (χ0n) is 6.88. The van der Waals surface area contributed by atoms with E-state index in [0.717, 1.165) is 0 Å². The van der Waals surface area contributed by atoms with Crippen LogP contribution in [-0.2, 0) is 0 Å². The molecule has 0 radical (unpaired) electrons. The van der Waals surface area contributed by atoms with Crippen LogP contribution in [0.15, 0.2) is 16.7 Å². The number of hydrogen-bond donors (Lipinski definition) is 0. The van der Waals surface area contributed by atoms with Gasteiger partial charge in [0.2, 0.25) is 0 Å². The van der Waals surface area contributed by atoms with E-state index in [1.807, 2.05) is 0 Å². The molecule has 0 fully saturated rings. The Labute approximate surface area is 92.8 Å². The zero-order valence-corrected chi connectivity index (χ0v) is 10.1. The van der Waals surface area contributed by atoms with Crippen molar-refractivity contribution in [2.24, 2.45) is 0 Å². The van der Waals surface area contributed by atoms with Crippen LogP contribution in [-0.4, -0.2) is 23.2 Å². The molecule has 1 heterocycles. The molecule has 70 valence electrons. The molecule has 0 aliphatic heterocycles. The number of nitrogens with zero attached hydrogens (tertiary/aromatic N) is 1. The van der Waals surface area contributed by atoms with Crippen molar-refractivity contribution in [3.05, 3.63) is 22.4 Å². The van der Waals surface area contributed by atoms with Gasteiger partial charge in [0.25, 0.3) is 0 Å². The van der Waals surface area contributed by atoms with Gasteiger partial charge < -0.3 is 4.74 Å². The lowest BCUT2D eigenvalue weighted by Gasteiger charge is -2.03. The fourth-order valence-electron chi connectivity index (χ4n) is 0.798. The summed E-state index contributed by atoms with van der Waals surface area (Å²) in [5.41, 5.74) is 0.421. The van der Waals surface area contributed by atoms with Crippen molar-refractivity contribution in [2.75, 3.05) is 12.4 Å². The molecule has 0 spiro atoms. The van der Waals surface area contributed by atoms with Gasteiger partial charge in [-0.05, 0) is 28.1 Å². The molecule has 0 aliphatic carbocycles. The van der Waals surface area contributed by atoms with Gasteiger partial charge in [-0.2, -0.15) is 0 Å². The highest BCUT2D eigenvalue weighted by Gasteiger charge is 2.08. The maximum Gasteiger partial charge on any atom is 0.191 e. The number of aromatic nitrogens is 1. The summed E-state index contributed by atoms with van der Waals surface area (Å²) in [6, 6.07) is 3.33. The Morgan fingerprint density at radius 3 is 2.77 bits per heavy atom. The molecule has 0 aromatic carbocycles. The molecule has 0 bridgehead atoms. The molecule has 0 unspecified atom stereocenters. The van der Waals surface area contributed by atoms with Gasteiger partial charge in [-0.1, -0.05) is 15.9 Å². The average Bonchev–Trinajstić information content (AvgIpc) is 2.16. The number of methoxy groups -OCH3 is 1. The molecule has 0 atom stereocenters. The van der Waals surface area contributed by atoms with Crippen LogP contribution in [0, 0.1) is 0 Å². The van der Waals surface area contributed by atoms with E-state index in [9.17, 15) is 4.79 Å². The number of carbonyl (C=O) groups excluding carboxylic acids is 1. The number of pyridine rings is 1. The molecule has 0 aliphatic rings. The summed E-state index contributed by atoms with van der Waals surface area (Å²) in [7, 11) is 1.55. The molecule has 0 amide bonds. The molecule has 0 saturated carbocycles. The number of halogens is 2. The smallest absolute Gasteiger partial charge is 0.191 e. The summed E-state index contributed by atoms with van der Waals surface area (Å²) in [4.78, 5) is 15.2. The lowest BCUT2D eigenvalue weighted by atomic mass is 10.3. The van der Waals surface area contributed by atoms with Gasteiger partial charge in [-0.15, -0.1) is 0 Å². The first-order chi connectivity index (χ1) is 6.19. The number of ether oxygens (including phenoxy) is 1. The summed E-state index contributed by atoms with van der Waals surface area (Å²) in [6.07, 6.45) is 0. The summed E-state index contributed by atoms with van der Waals surface area (Å²) in [6.45, 7) is 0. The van der Waals surface area contributed by atoms with Gasteiger partial charge in [-0.25, -0.2) is 4.98 Å². The van der Waals surface area contributed by atoms with Gasteiger partial charge in [0.15, 0.2) is 11.5 Å². The molecule has 0 N–H and O–H groups in total. The van der Waals surface area contributed by atoms with E-state index in [-0.39, 0.29) is 11.1 Å². The van der Waals surface area contributed by atoms with Crippen molar-refractivity contribution in [3.63, 3.8) is 0 Å². The van der Waals surface area contributed by atoms with Crippen LogP contribution in [0.25, 0.3) is 0 Å². The van der Waals surface area contributed by atoms with E-state index in [4.69, 9.17) is 4.74 Å². The Bertz CT molecular complexity index is 328. The standard InChI is InChI=1S/C8H7Br2NO2/c1-13-7-3-2-5(6(12)4-9)11-8(7)10/h2-3H,4H2,1H3. The minimum absolute atomic E-state index is 0.0525. The van der Waals surface area contributed by atoms with Gasteiger partial charge in [-0.3, -0.25) is 4.79 Å². The lowest BCUT2D eigenvalue weighted by Crippen LogP contribution is -2.03. The van der Waals surface area contributed by atoms with Crippen LogP contribution in [0.2, 0.25) is 0 Å². The van der Waals surface area contributed by atoms with Crippen molar-refractivity contribution < 1.29 is 9.53 Å². The fraction of sp³-hybridized carbons (Fsp3) is 0.250. The third-order valence-electron chi connectivity index (χ3n) is 1.44. The van der Waals surface area contributed by atoms with Crippen molar-refractivity contribution in [2.45, 2.75) is 0 Å². The van der Waals surface area contributed by atoms with Gasteiger partial charge >= 0.3 is 0 Å². The van der Waals surface area contributed by atoms with E-state index in [1.54, 1.807) is 19.2 Å². The molecule has 1 aromatic rings. The lowest BCUT2D eigenvalue weighted by molar-refractivity contribution is 0.101. The van der Waals surface area contributed by atoms with Crippen LogP contribution in [0.5, 0.6) is 5.75 Å². The first-order valence-corrected chi connectivity index (χ1v) is 5.40. The molecular weight excluding hydrogens is 302 g/mol. The second-order valence-electron chi connectivity index (χ2n) is 2.25. The van der Waals surface area contributed by atoms with E-state index >= 15 is 0 Å². The third kappa shape index (κ3) is 2.51. The third-order valence-corrected chi connectivity index (χ3v) is 2.52. The molecular formula is C8H7Br2NO2. The molecule has 0 saturated heterocycles. The van der Waals surface area contributed by atoms with Crippen LogP contribution >= 0.6 is 31.9 Å². The second kappa shape index (κ2) is 4.72. The topological polar surface area (TPSA) is 39.2 Å². The van der Waals surface area contributed by atoms with Gasteiger partial charge in [0.1, 0.15) is 10.3 Å². The summed E-state index contributed by atoms with van der Waals surface area (Å²) < 4.78 is 5.52. The van der Waals surface area contributed by atoms with Crippen molar-refractivity contribution in [1.82, 2.24) is 4.98 Å². The Balaban J connectivity index is 3.02. The number of rotatable bonds is 3. The normalized spacial score (nSPS) is 9.77. The average molecular weight is 309 g/mol. The van der Waals surface area contributed by atoms with Crippen molar-refractivity contribution in [1.29, 1.82) is 0 Å². The minimum Gasteiger partial charge on any atom is -0.494 e. The van der Waals surface area contributed by atoms with Crippen LogP contribution in [0.4, 0.5) is 0 Å². The highest BCUT2D eigenvalue weighted by atomic mass is 79.9. The maximum atomic E-state index is 11.2. The molecule has 1 rings (SSSR count). The largest absolute Gasteiger partial charge is 0.494 e. The number of carbonyl (C=O) groups is 1. The van der Waals surface area contributed by atoms with Crippen molar-refractivity contribution >= 4 is 37.6 Å². The Morgan fingerprint density at radius 2 is 2.31 bits per heavy atom. The summed E-state index contributed by atoms with van der Waals surface area (Å²) in [5.74, 6) is 0.564.